The van der Waals surface area contributed by atoms with E-state index in [1.165, 1.54) is 0 Å². The summed E-state index contributed by atoms with van der Waals surface area (Å²) in [6, 6.07) is 5.67. The maximum Gasteiger partial charge on any atom is 0.208 e. The molecule has 0 spiro atoms. The number of rotatable bonds is 5. The molecule has 0 unspecified atom stereocenters. The zero-order chi connectivity index (χ0) is 13.0. The van der Waals surface area contributed by atoms with E-state index in [-0.39, 0.29) is 0 Å². The molecule has 1 aromatic heterocycles. The molecule has 6 heteroatoms. The van der Waals surface area contributed by atoms with Crippen molar-refractivity contribution < 1.29 is 4.74 Å². The van der Waals surface area contributed by atoms with Gasteiger partial charge in [-0.05, 0) is 32.0 Å². The van der Waals surface area contributed by atoms with Crippen LogP contribution in [-0.2, 0) is 5.75 Å². The summed E-state index contributed by atoms with van der Waals surface area (Å²) in [6.45, 7) is 4.48. The number of nitrogens with zero attached hydrogens (tertiary/aromatic N) is 2. The van der Waals surface area contributed by atoms with Crippen LogP contribution in [0.4, 0.5) is 5.69 Å². The molecule has 0 amide bonds. The minimum absolute atomic E-state index is 0.640. The van der Waals surface area contributed by atoms with Gasteiger partial charge in [-0.2, -0.15) is 0 Å². The SMILES string of the molecule is CCOc1ccc(N)cc1CSc1n[nH]c(C)n1. The highest BCUT2D eigenvalue weighted by Crippen LogP contribution is 2.28. The molecule has 0 atom stereocenters. The lowest BCUT2D eigenvalue weighted by molar-refractivity contribution is 0.337. The van der Waals surface area contributed by atoms with E-state index in [1.54, 1.807) is 11.8 Å². The minimum Gasteiger partial charge on any atom is -0.494 e. The van der Waals surface area contributed by atoms with Crippen LogP contribution in [0.3, 0.4) is 0 Å². The number of hydrogen-bond donors (Lipinski definition) is 2. The number of H-pyrrole nitrogens is 1. The number of anilines is 1. The van der Waals surface area contributed by atoms with Gasteiger partial charge in [-0.15, -0.1) is 5.10 Å². The molecule has 5 nitrogen and oxygen atoms in total. The largest absolute Gasteiger partial charge is 0.494 e. The first-order valence-corrected chi connectivity index (χ1v) is 6.70. The quantitative estimate of drug-likeness (QED) is 0.640. The summed E-state index contributed by atoms with van der Waals surface area (Å²) in [4.78, 5) is 4.25. The third-order valence-corrected chi connectivity index (χ3v) is 3.21. The van der Waals surface area contributed by atoms with E-state index in [1.807, 2.05) is 32.0 Å². The second-order valence-electron chi connectivity index (χ2n) is 3.79. The van der Waals surface area contributed by atoms with Crippen LogP contribution in [0.25, 0.3) is 0 Å². The third-order valence-electron chi connectivity index (χ3n) is 2.32. The predicted octanol–water partition coefficient (Wildman–Crippen LogP) is 2.39. The van der Waals surface area contributed by atoms with Crippen LogP contribution in [0, 0.1) is 6.92 Å². The number of thioether (sulfide) groups is 1. The fourth-order valence-corrected chi connectivity index (χ4v) is 2.36. The number of nitrogens with one attached hydrogen (secondary N) is 1. The predicted molar refractivity (Wildman–Crippen MR) is 72.7 cm³/mol. The van der Waals surface area contributed by atoms with Crippen LogP contribution < -0.4 is 10.5 Å². The second kappa shape index (κ2) is 5.77. The van der Waals surface area contributed by atoms with Gasteiger partial charge in [0.1, 0.15) is 11.6 Å². The van der Waals surface area contributed by atoms with Crippen molar-refractivity contribution in [2.24, 2.45) is 0 Å². The zero-order valence-electron chi connectivity index (χ0n) is 10.4. The standard InChI is InChI=1S/C12H16N4OS/c1-3-17-11-5-4-10(13)6-9(11)7-18-12-14-8(2)15-16-12/h4-6H,3,7,13H2,1-2H3,(H,14,15,16). The van der Waals surface area contributed by atoms with Crippen LogP contribution in [0.1, 0.15) is 18.3 Å². The Morgan fingerprint density at radius 2 is 2.28 bits per heavy atom. The Bertz CT molecular complexity index is 527. The average molecular weight is 264 g/mol. The van der Waals surface area contributed by atoms with Gasteiger partial charge in [0.15, 0.2) is 0 Å². The Kier molecular flexibility index (Phi) is 4.09. The highest BCUT2D eigenvalue weighted by atomic mass is 32.2. The molecule has 0 aliphatic rings. The fraction of sp³-hybridized carbons (Fsp3) is 0.333. The van der Waals surface area contributed by atoms with Gasteiger partial charge in [0, 0.05) is 17.0 Å². The first-order valence-electron chi connectivity index (χ1n) is 5.72. The van der Waals surface area contributed by atoms with Gasteiger partial charge in [0.25, 0.3) is 0 Å². The Labute approximate surface area is 110 Å². The van der Waals surface area contributed by atoms with Gasteiger partial charge in [0.2, 0.25) is 5.16 Å². The van der Waals surface area contributed by atoms with Gasteiger partial charge in [-0.25, -0.2) is 4.98 Å². The van der Waals surface area contributed by atoms with Crippen molar-refractivity contribution in [2.75, 3.05) is 12.3 Å². The van der Waals surface area contributed by atoms with Crippen molar-refractivity contribution in [3.05, 3.63) is 29.6 Å². The van der Waals surface area contributed by atoms with E-state index in [0.717, 1.165) is 33.7 Å². The van der Waals surface area contributed by atoms with Crippen molar-refractivity contribution in [1.82, 2.24) is 15.2 Å². The molecule has 0 saturated carbocycles. The summed E-state index contributed by atoms with van der Waals surface area (Å²) in [5, 5.41) is 7.64. The molecule has 0 bridgehead atoms. The highest BCUT2D eigenvalue weighted by Gasteiger charge is 2.07. The molecule has 1 aromatic carbocycles. The van der Waals surface area contributed by atoms with Gasteiger partial charge in [-0.1, -0.05) is 11.8 Å². The lowest BCUT2D eigenvalue weighted by atomic mass is 10.2. The molecule has 96 valence electrons. The summed E-state index contributed by atoms with van der Waals surface area (Å²) in [5.41, 5.74) is 7.59. The molecule has 2 rings (SSSR count). The number of nitrogens with two attached hydrogens (primary N) is 1. The molecule has 0 saturated heterocycles. The number of hydrogen-bond acceptors (Lipinski definition) is 5. The number of nitrogen functional groups attached to an aromatic ring is 1. The number of aromatic nitrogens is 3. The Balaban J connectivity index is 2.09. The monoisotopic (exact) mass is 264 g/mol. The van der Waals surface area contributed by atoms with E-state index in [0.29, 0.717) is 6.61 Å². The van der Waals surface area contributed by atoms with Crippen molar-refractivity contribution >= 4 is 17.4 Å². The van der Waals surface area contributed by atoms with Gasteiger partial charge in [-0.3, -0.25) is 5.10 Å². The summed E-state index contributed by atoms with van der Waals surface area (Å²) in [6.07, 6.45) is 0. The van der Waals surface area contributed by atoms with E-state index >= 15 is 0 Å². The average Bonchev–Trinajstić information content (AvgIpc) is 2.76. The van der Waals surface area contributed by atoms with E-state index in [9.17, 15) is 0 Å². The molecule has 3 N–H and O–H groups in total. The number of ether oxygens (including phenoxy) is 1. The van der Waals surface area contributed by atoms with Crippen LogP contribution in [0.15, 0.2) is 23.4 Å². The third kappa shape index (κ3) is 3.16. The van der Waals surface area contributed by atoms with Gasteiger partial charge >= 0.3 is 0 Å². The van der Waals surface area contributed by atoms with E-state index in [4.69, 9.17) is 10.5 Å². The molecule has 18 heavy (non-hydrogen) atoms. The zero-order valence-corrected chi connectivity index (χ0v) is 11.3. The van der Waals surface area contributed by atoms with Crippen molar-refractivity contribution in [2.45, 2.75) is 24.8 Å². The molecule has 0 fully saturated rings. The molecule has 2 aromatic rings. The van der Waals surface area contributed by atoms with Crippen molar-refractivity contribution in [3.8, 4) is 5.75 Å². The summed E-state index contributed by atoms with van der Waals surface area (Å²) >= 11 is 1.55. The van der Waals surface area contributed by atoms with Gasteiger partial charge in [0.05, 0.1) is 6.61 Å². The smallest absolute Gasteiger partial charge is 0.208 e. The normalized spacial score (nSPS) is 10.6. The number of aromatic amines is 1. The first-order chi connectivity index (χ1) is 8.69. The molecule has 0 aliphatic heterocycles. The Morgan fingerprint density at radius 3 is 2.94 bits per heavy atom. The maximum absolute atomic E-state index is 5.79. The van der Waals surface area contributed by atoms with Gasteiger partial charge < -0.3 is 10.5 Å². The fourth-order valence-electron chi connectivity index (χ4n) is 1.54. The molecular formula is C12H16N4OS. The Hall–Kier alpha value is -1.69. The molecule has 0 radical (unpaired) electrons. The maximum atomic E-state index is 5.79. The molecular weight excluding hydrogens is 248 g/mol. The van der Waals surface area contributed by atoms with Crippen molar-refractivity contribution in [1.29, 1.82) is 0 Å². The summed E-state index contributed by atoms with van der Waals surface area (Å²) in [7, 11) is 0. The molecule has 0 aliphatic carbocycles. The number of aryl methyl sites for hydroxylation is 1. The topological polar surface area (TPSA) is 76.8 Å². The van der Waals surface area contributed by atoms with Crippen molar-refractivity contribution in [3.63, 3.8) is 0 Å². The van der Waals surface area contributed by atoms with E-state index in [2.05, 4.69) is 15.2 Å². The van der Waals surface area contributed by atoms with Crippen LogP contribution in [0.2, 0.25) is 0 Å². The second-order valence-corrected chi connectivity index (χ2v) is 4.73. The van der Waals surface area contributed by atoms with Crippen LogP contribution >= 0.6 is 11.8 Å². The lowest BCUT2D eigenvalue weighted by Crippen LogP contribution is -1.97. The minimum atomic E-state index is 0.640. The Morgan fingerprint density at radius 1 is 1.44 bits per heavy atom. The van der Waals surface area contributed by atoms with E-state index < -0.39 is 0 Å². The summed E-state index contributed by atoms with van der Waals surface area (Å²) in [5.74, 6) is 2.42. The summed E-state index contributed by atoms with van der Waals surface area (Å²) < 4.78 is 5.57. The molecule has 1 heterocycles. The van der Waals surface area contributed by atoms with Crippen LogP contribution in [0.5, 0.6) is 5.75 Å². The van der Waals surface area contributed by atoms with Crippen LogP contribution in [-0.4, -0.2) is 21.8 Å². The first kappa shape index (κ1) is 12.8. The lowest BCUT2D eigenvalue weighted by Gasteiger charge is -2.09. The highest BCUT2D eigenvalue weighted by molar-refractivity contribution is 7.98. The number of benzene rings is 1.